The first-order valence-corrected chi connectivity index (χ1v) is 9.25. The Bertz CT molecular complexity index is 681. The highest BCUT2D eigenvalue weighted by Gasteiger charge is 2.16. The van der Waals surface area contributed by atoms with E-state index in [-0.39, 0.29) is 0 Å². The SMILES string of the molecule is Cc1cccc(SSc2cccc(C)c2C(=O)Cl)c1C(=O)Cl. The van der Waals surface area contributed by atoms with Crippen molar-refractivity contribution in [2.75, 3.05) is 0 Å². The Hall–Kier alpha value is -0.940. The molecule has 0 spiro atoms. The van der Waals surface area contributed by atoms with Gasteiger partial charge in [-0.15, -0.1) is 0 Å². The van der Waals surface area contributed by atoms with Gasteiger partial charge in [-0.3, -0.25) is 9.59 Å². The second-order valence-electron chi connectivity index (χ2n) is 4.61. The minimum atomic E-state index is -0.487. The molecule has 0 bridgehead atoms. The highest BCUT2D eigenvalue weighted by atomic mass is 35.5. The number of benzene rings is 2. The predicted octanol–water partition coefficient (Wildman–Crippen LogP) is 5.86. The molecule has 0 atom stereocenters. The van der Waals surface area contributed by atoms with E-state index < -0.39 is 10.5 Å². The summed E-state index contributed by atoms with van der Waals surface area (Å²) in [6.45, 7) is 3.68. The maximum Gasteiger partial charge on any atom is 0.253 e. The van der Waals surface area contributed by atoms with Gasteiger partial charge in [0.1, 0.15) is 0 Å². The molecule has 22 heavy (non-hydrogen) atoms. The molecule has 2 aromatic rings. The molecule has 0 aliphatic rings. The lowest BCUT2D eigenvalue weighted by molar-refractivity contribution is 0.107. The Morgan fingerprint density at radius 3 is 1.45 bits per heavy atom. The van der Waals surface area contributed by atoms with Gasteiger partial charge in [-0.1, -0.05) is 45.9 Å². The Balaban J connectivity index is 2.33. The number of hydrogen-bond donors (Lipinski definition) is 0. The van der Waals surface area contributed by atoms with Gasteiger partial charge in [-0.2, -0.15) is 0 Å². The summed E-state index contributed by atoms with van der Waals surface area (Å²) < 4.78 is 0. The van der Waals surface area contributed by atoms with Crippen LogP contribution >= 0.6 is 44.8 Å². The fourth-order valence-electron chi connectivity index (χ4n) is 2.01. The summed E-state index contributed by atoms with van der Waals surface area (Å²) in [6, 6.07) is 11.1. The molecule has 0 fully saturated rings. The topological polar surface area (TPSA) is 34.1 Å². The van der Waals surface area contributed by atoms with Crippen LogP contribution in [0.15, 0.2) is 46.2 Å². The van der Waals surface area contributed by atoms with Crippen molar-refractivity contribution in [2.24, 2.45) is 0 Å². The zero-order valence-corrected chi connectivity index (χ0v) is 15.0. The molecule has 2 aromatic carbocycles. The average Bonchev–Trinajstić information content (AvgIpc) is 2.44. The Morgan fingerprint density at radius 1 is 0.773 bits per heavy atom. The Labute approximate surface area is 147 Å². The minimum absolute atomic E-state index is 0.487. The van der Waals surface area contributed by atoms with E-state index in [4.69, 9.17) is 23.2 Å². The minimum Gasteiger partial charge on any atom is -0.276 e. The van der Waals surface area contributed by atoms with E-state index in [9.17, 15) is 9.59 Å². The fourth-order valence-corrected chi connectivity index (χ4v) is 5.12. The van der Waals surface area contributed by atoms with Crippen LogP contribution in [0.4, 0.5) is 0 Å². The molecule has 0 N–H and O–H groups in total. The second kappa shape index (κ2) is 7.55. The van der Waals surface area contributed by atoms with Crippen LogP contribution in [0, 0.1) is 13.8 Å². The molecule has 0 unspecified atom stereocenters. The smallest absolute Gasteiger partial charge is 0.253 e. The number of hydrogen-bond acceptors (Lipinski definition) is 4. The molecule has 0 heterocycles. The van der Waals surface area contributed by atoms with Crippen LogP contribution in [0.3, 0.4) is 0 Å². The van der Waals surface area contributed by atoms with Crippen molar-refractivity contribution in [2.45, 2.75) is 23.6 Å². The summed E-state index contributed by atoms with van der Waals surface area (Å²) in [5, 5.41) is -0.974. The largest absolute Gasteiger partial charge is 0.276 e. The van der Waals surface area contributed by atoms with Crippen LogP contribution in [0.1, 0.15) is 31.8 Å². The lowest BCUT2D eigenvalue weighted by Crippen LogP contribution is -1.97. The first-order valence-electron chi connectivity index (χ1n) is 6.35. The molecule has 114 valence electrons. The number of rotatable bonds is 5. The molecule has 0 saturated carbocycles. The zero-order chi connectivity index (χ0) is 16.3. The zero-order valence-electron chi connectivity index (χ0n) is 11.9. The maximum absolute atomic E-state index is 11.6. The predicted molar refractivity (Wildman–Crippen MR) is 94.4 cm³/mol. The Kier molecular flexibility index (Phi) is 5.98. The van der Waals surface area contributed by atoms with Crippen LogP contribution in [0.5, 0.6) is 0 Å². The average molecular weight is 371 g/mol. The van der Waals surface area contributed by atoms with Crippen LogP contribution in [-0.2, 0) is 0 Å². The third-order valence-electron chi connectivity index (χ3n) is 3.08. The van der Waals surface area contributed by atoms with E-state index in [0.29, 0.717) is 11.1 Å². The van der Waals surface area contributed by atoms with Gasteiger partial charge < -0.3 is 0 Å². The molecule has 0 saturated heterocycles. The highest BCUT2D eigenvalue weighted by Crippen LogP contribution is 2.42. The standard InChI is InChI=1S/C16H12Cl2O2S2/c1-9-5-3-7-11(13(9)15(17)19)21-22-12-8-4-6-10(2)14(12)16(18)20/h3-8H,1-2H3. The lowest BCUT2D eigenvalue weighted by atomic mass is 10.1. The van der Waals surface area contributed by atoms with Crippen molar-refractivity contribution in [1.29, 1.82) is 0 Å². The number of halogens is 2. The van der Waals surface area contributed by atoms with Crippen molar-refractivity contribution < 1.29 is 9.59 Å². The van der Waals surface area contributed by atoms with Gasteiger partial charge in [0.2, 0.25) is 0 Å². The summed E-state index contributed by atoms with van der Waals surface area (Å²) in [6.07, 6.45) is 0. The van der Waals surface area contributed by atoms with E-state index in [2.05, 4.69) is 0 Å². The first-order chi connectivity index (χ1) is 10.4. The molecule has 0 radical (unpaired) electrons. The quantitative estimate of drug-likeness (QED) is 0.487. The van der Waals surface area contributed by atoms with Gasteiger partial charge in [0.25, 0.3) is 10.5 Å². The van der Waals surface area contributed by atoms with E-state index in [1.807, 2.05) is 50.2 Å². The van der Waals surface area contributed by atoms with Crippen molar-refractivity contribution in [3.05, 3.63) is 58.7 Å². The molecular weight excluding hydrogens is 359 g/mol. The normalized spacial score (nSPS) is 10.5. The number of aryl methyl sites for hydroxylation is 2. The summed E-state index contributed by atoms with van der Waals surface area (Å²) in [4.78, 5) is 24.7. The molecule has 0 aliphatic carbocycles. The second-order valence-corrected chi connectivity index (χ2v) is 7.51. The van der Waals surface area contributed by atoms with Gasteiger partial charge in [0.15, 0.2) is 0 Å². The highest BCUT2D eigenvalue weighted by molar-refractivity contribution is 8.76. The van der Waals surface area contributed by atoms with Gasteiger partial charge >= 0.3 is 0 Å². The van der Waals surface area contributed by atoms with Crippen molar-refractivity contribution in [3.63, 3.8) is 0 Å². The fraction of sp³-hybridized carbons (Fsp3) is 0.125. The third kappa shape index (κ3) is 3.87. The first kappa shape index (κ1) is 17.4. The van der Waals surface area contributed by atoms with Crippen molar-refractivity contribution >= 4 is 55.3 Å². The van der Waals surface area contributed by atoms with Gasteiger partial charge in [0.05, 0.1) is 11.1 Å². The maximum atomic E-state index is 11.6. The van der Waals surface area contributed by atoms with Gasteiger partial charge in [-0.05, 0) is 60.3 Å². The Morgan fingerprint density at radius 2 is 1.14 bits per heavy atom. The molecule has 0 aromatic heterocycles. The number of carbonyl (C=O) groups excluding carboxylic acids is 2. The van der Waals surface area contributed by atoms with Crippen LogP contribution in [-0.4, -0.2) is 10.5 Å². The summed E-state index contributed by atoms with van der Waals surface area (Å²) >= 11 is 11.3. The molecule has 2 rings (SSSR count). The third-order valence-corrected chi connectivity index (χ3v) is 5.91. The molecular formula is C16H12Cl2O2S2. The van der Waals surface area contributed by atoms with Gasteiger partial charge in [-0.25, -0.2) is 0 Å². The number of carbonyl (C=O) groups is 2. The monoisotopic (exact) mass is 370 g/mol. The van der Waals surface area contributed by atoms with Gasteiger partial charge in [0, 0.05) is 9.79 Å². The summed E-state index contributed by atoms with van der Waals surface area (Å²) in [7, 11) is 2.77. The molecule has 0 amide bonds. The molecule has 2 nitrogen and oxygen atoms in total. The van der Waals surface area contributed by atoms with Crippen LogP contribution in [0.25, 0.3) is 0 Å². The molecule has 0 aliphatic heterocycles. The lowest BCUT2D eigenvalue weighted by Gasteiger charge is -2.10. The van der Waals surface area contributed by atoms with E-state index >= 15 is 0 Å². The summed E-state index contributed by atoms with van der Waals surface area (Å²) in [5.41, 5.74) is 2.63. The van der Waals surface area contributed by atoms with Crippen molar-refractivity contribution in [1.82, 2.24) is 0 Å². The van der Waals surface area contributed by atoms with E-state index in [1.165, 1.54) is 21.6 Å². The summed E-state index contributed by atoms with van der Waals surface area (Å²) in [5.74, 6) is 0. The van der Waals surface area contributed by atoms with E-state index in [1.54, 1.807) is 0 Å². The molecule has 6 heteroatoms. The van der Waals surface area contributed by atoms with Crippen LogP contribution < -0.4 is 0 Å². The van der Waals surface area contributed by atoms with Crippen molar-refractivity contribution in [3.8, 4) is 0 Å². The van der Waals surface area contributed by atoms with Crippen LogP contribution in [0.2, 0.25) is 0 Å². The van der Waals surface area contributed by atoms with E-state index in [0.717, 1.165) is 20.9 Å².